The summed E-state index contributed by atoms with van der Waals surface area (Å²) in [6.45, 7) is 0.561. The van der Waals surface area contributed by atoms with Gasteiger partial charge in [0.05, 0.1) is 4.90 Å². The summed E-state index contributed by atoms with van der Waals surface area (Å²) in [5.41, 5.74) is 6.27. The molecule has 0 amide bonds. The van der Waals surface area contributed by atoms with E-state index in [-0.39, 0.29) is 11.4 Å². The molecule has 1 aromatic carbocycles. The molecule has 0 spiro atoms. The lowest BCUT2D eigenvalue weighted by Crippen LogP contribution is -2.26. The van der Waals surface area contributed by atoms with E-state index >= 15 is 0 Å². The molecule has 0 aliphatic heterocycles. The van der Waals surface area contributed by atoms with Crippen molar-refractivity contribution in [2.24, 2.45) is 5.73 Å². The molecule has 7 nitrogen and oxygen atoms in total. The molecule has 8 heteroatoms. The van der Waals surface area contributed by atoms with Crippen LogP contribution in [0.1, 0.15) is 11.4 Å². The van der Waals surface area contributed by atoms with Crippen molar-refractivity contribution in [3.05, 3.63) is 42.0 Å². The van der Waals surface area contributed by atoms with E-state index in [1.807, 2.05) is 0 Å². The lowest BCUT2D eigenvalue weighted by molar-refractivity contribution is 0.580. The van der Waals surface area contributed by atoms with Crippen LogP contribution in [0.5, 0.6) is 0 Å². The summed E-state index contributed by atoms with van der Waals surface area (Å²) in [4.78, 5) is 4.13. The summed E-state index contributed by atoms with van der Waals surface area (Å²) in [5, 5.41) is 6.36. The Kier molecular flexibility index (Phi) is 4.25. The molecule has 102 valence electrons. The third kappa shape index (κ3) is 3.60. The zero-order valence-corrected chi connectivity index (χ0v) is 11.0. The monoisotopic (exact) mass is 281 g/mol. The van der Waals surface area contributed by atoms with E-state index in [1.54, 1.807) is 18.2 Å². The van der Waals surface area contributed by atoms with Crippen molar-refractivity contribution in [2.75, 3.05) is 6.54 Å². The normalized spacial score (nSPS) is 11.6. The number of sulfonamides is 1. The smallest absolute Gasteiger partial charge is 0.240 e. The van der Waals surface area contributed by atoms with Crippen molar-refractivity contribution in [3.63, 3.8) is 0 Å². The van der Waals surface area contributed by atoms with Gasteiger partial charge >= 0.3 is 0 Å². The van der Waals surface area contributed by atoms with Crippen LogP contribution in [0.4, 0.5) is 0 Å². The van der Waals surface area contributed by atoms with Crippen LogP contribution in [0.25, 0.3) is 0 Å². The van der Waals surface area contributed by atoms with Crippen LogP contribution in [0.2, 0.25) is 0 Å². The molecule has 0 fully saturated rings. The van der Waals surface area contributed by atoms with E-state index < -0.39 is 10.0 Å². The van der Waals surface area contributed by atoms with E-state index in [0.717, 1.165) is 5.56 Å². The van der Waals surface area contributed by atoms with E-state index in [0.29, 0.717) is 18.8 Å². The molecule has 4 N–H and O–H groups in total. The summed E-state index contributed by atoms with van der Waals surface area (Å²) in [6, 6.07) is 6.56. The maximum atomic E-state index is 12.0. The van der Waals surface area contributed by atoms with Gasteiger partial charge in [-0.15, -0.1) is 0 Å². The highest BCUT2D eigenvalue weighted by atomic mass is 32.2. The third-order valence-corrected chi connectivity index (χ3v) is 4.02. The minimum atomic E-state index is -3.51. The van der Waals surface area contributed by atoms with Gasteiger partial charge in [0.1, 0.15) is 12.2 Å². The second kappa shape index (κ2) is 5.91. The number of nitrogens with zero attached hydrogens (tertiary/aromatic N) is 2. The predicted molar refractivity (Wildman–Crippen MR) is 69.6 cm³/mol. The van der Waals surface area contributed by atoms with Crippen LogP contribution in [0.3, 0.4) is 0 Å². The number of hydrogen-bond donors (Lipinski definition) is 3. The third-order valence-electron chi connectivity index (χ3n) is 2.56. The maximum Gasteiger partial charge on any atom is 0.240 e. The number of rotatable bonds is 6. The lowest BCUT2D eigenvalue weighted by Gasteiger charge is -2.07. The summed E-state index contributed by atoms with van der Waals surface area (Å²) in [6.07, 6.45) is 1.84. The average Bonchev–Trinajstić information content (AvgIpc) is 2.92. The SMILES string of the molecule is NCc1cccc(S(=O)(=O)NCCc2ncn[nH]2)c1. The van der Waals surface area contributed by atoms with E-state index in [4.69, 9.17) is 5.73 Å². The van der Waals surface area contributed by atoms with E-state index in [2.05, 4.69) is 19.9 Å². The highest BCUT2D eigenvalue weighted by Crippen LogP contribution is 2.10. The molecule has 0 aliphatic rings. The Morgan fingerprint density at radius 2 is 2.21 bits per heavy atom. The fraction of sp³-hybridized carbons (Fsp3) is 0.273. The topological polar surface area (TPSA) is 114 Å². The molecule has 0 saturated carbocycles. The number of H-pyrrole nitrogens is 1. The predicted octanol–water partition coefficient (Wildman–Crippen LogP) is -0.216. The largest absolute Gasteiger partial charge is 0.326 e. The zero-order chi connectivity index (χ0) is 13.7. The van der Waals surface area contributed by atoms with E-state index in [1.165, 1.54) is 12.4 Å². The molecule has 0 unspecified atom stereocenters. The van der Waals surface area contributed by atoms with Crippen molar-refractivity contribution < 1.29 is 8.42 Å². The first kappa shape index (κ1) is 13.7. The summed E-state index contributed by atoms with van der Waals surface area (Å²) >= 11 is 0. The van der Waals surface area contributed by atoms with Gasteiger partial charge in [0.2, 0.25) is 10.0 Å². The quantitative estimate of drug-likeness (QED) is 0.677. The van der Waals surface area contributed by atoms with Gasteiger partial charge in [-0.05, 0) is 17.7 Å². The van der Waals surface area contributed by atoms with Crippen molar-refractivity contribution in [3.8, 4) is 0 Å². The number of aromatic amines is 1. The Morgan fingerprint density at radius 1 is 1.37 bits per heavy atom. The summed E-state index contributed by atoms with van der Waals surface area (Å²) < 4.78 is 26.6. The van der Waals surface area contributed by atoms with Crippen LogP contribution < -0.4 is 10.5 Å². The first-order chi connectivity index (χ1) is 9.12. The van der Waals surface area contributed by atoms with E-state index in [9.17, 15) is 8.42 Å². The molecule has 0 saturated heterocycles. The minimum Gasteiger partial charge on any atom is -0.326 e. The van der Waals surface area contributed by atoms with Gasteiger partial charge in [0, 0.05) is 19.5 Å². The standard InChI is InChI=1S/C11H15N5O2S/c12-7-9-2-1-3-10(6-9)19(17,18)15-5-4-11-13-8-14-16-11/h1-3,6,8,15H,4-5,7,12H2,(H,13,14,16). The van der Waals surface area contributed by atoms with Crippen LogP contribution >= 0.6 is 0 Å². The van der Waals surface area contributed by atoms with Crippen molar-refractivity contribution in [2.45, 2.75) is 17.9 Å². The van der Waals surface area contributed by atoms with Gasteiger partial charge in [0.15, 0.2) is 0 Å². The Labute approximate surface area is 111 Å². The van der Waals surface area contributed by atoms with Gasteiger partial charge in [-0.1, -0.05) is 12.1 Å². The van der Waals surface area contributed by atoms with Crippen LogP contribution in [0, 0.1) is 0 Å². The lowest BCUT2D eigenvalue weighted by atomic mass is 10.2. The van der Waals surface area contributed by atoms with Crippen molar-refractivity contribution in [1.82, 2.24) is 19.9 Å². The first-order valence-corrected chi connectivity index (χ1v) is 7.23. The second-order valence-corrected chi connectivity index (χ2v) is 5.70. The Bertz CT molecular complexity index is 624. The van der Waals surface area contributed by atoms with Crippen LogP contribution in [0.15, 0.2) is 35.5 Å². The summed E-state index contributed by atoms with van der Waals surface area (Å²) in [7, 11) is -3.51. The Morgan fingerprint density at radius 3 is 2.89 bits per heavy atom. The average molecular weight is 281 g/mol. The first-order valence-electron chi connectivity index (χ1n) is 5.75. The fourth-order valence-electron chi connectivity index (χ4n) is 1.58. The Hall–Kier alpha value is -1.77. The highest BCUT2D eigenvalue weighted by Gasteiger charge is 2.13. The number of hydrogen-bond acceptors (Lipinski definition) is 5. The molecule has 0 bridgehead atoms. The van der Waals surface area contributed by atoms with Gasteiger partial charge in [-0.2, -0.15) is 5.10 Å². The molecule has 1 heterocycles. The number of benzene rings is 1. The highest BCUT2D eigenvalue weighted by molar-refractivity contribution is 7.89. The minimum absolute atomic E-state index is 0.216. The molecular formula is C11H15N5O2S. The van der Waals surface area contributed by atoms with Crippen LogP contribution in [-0.4, -0.2) is 30.1 Å². The van der Waals surface area contributed by atoms with Crippen molar-refractivity contribution in [1.29, 1.82) is 0 Å². The molecular weight excluding hydrogens is 266 g/mol. The van der Waals surface area contributed by atoms with Gasteiger partial charge in [-0.3, -0.25) is 5.10 Å². The Balaban J connectivity index is 2.01. The van der Waals surface area contributed by atoms with Gasteiger partial charge in [-0.25, -0.2) is 18.1 Å². The van der Waals surface area contributed by atoms with Gasteiger partial charge < -0.3 is 5.73 Å². The molecule has 0 aliphatic carbocycles. The summed E-state index contributed by atoms with van der Waals surface area (Å²) in [5.74, 6) is 0.637. The molecule has 0 atom stereocenters. The maximum absolute atomic E-state index is 12.0. The fourth-order valence-corrected chi connectivity index (χ4v) is 2.68. The van der Waals surface area contributed by atoms with Crippen LogP contribution in [-0.2, 0) is 23.0 Å². The number of aromatic nitrogens is 3. The zero-order valence-electron chi connectivity index (χ0n) is 10.2. The molecule has 1 aromatic heterocycles. The molecule has 2 aromatic rings. The second-order valence-electron chi connectivity index (χ2n) is 3.93. The molecule has 0 radical (unpaired) electrons. The van der Waals surface area contributed by atoms with Gasteiger partial charge in [0.25, 0.3) is 0 Å². The molecule has 19 heavy (non-hydrogen) atoms. The molecule has 2 rings (SSSR count). The number of nitrogens with two attached hydrogens (primary N) is 1. The van der Waals surface area contributed by atoms with Crippen molar-refractivity contribution >= 4 is 10.0 Å². The number of nitrogens with one attached hydrogen (secondary N) is 2.